The lowest BCUT2D eigenvalue weighted by atomic mass is 10.1. The first-order chi connectivity index (χ1) is 19.0. The monoisotopic (exact) mass is 536 g/mol. The van der Waals surface area contributed by atoms with Gasteiger partial charge in [0.2, 0.25) is 5.88 Å². The lowest BCUT2D eigenvalue weighted by Gasteiger charge is -2.24. The van der Waals surface area contributed by atoms with E-state index in [1.807, 2.05) is 18.2 Å². The standard InChI is InChI=1S/C28H32N4O7/c1-35-25-8-6-22-27(30-25)19(9-11-29-22)4-3-12-31(13-10-26(33)36-2)17-21-18-32(28(34)39-21)20-5-7-23-24(16-20)38-15-14-37-23/h5-9,11,16,21H,3-4,10,12-15,17-18H2,1-2H3. The van der Waals surface area contributed by atoms with Gasteiger partial charge in [0.1, 0.15) is 19.3 Å². The summed E-state index contributed by atoms with van der Waals surface area (Å²) in [6.45, 7) is 3.05. The van der Waals surface area contributed by atoms with E-state index in [-0.39, 0.29) is 18.5 Å². The first-order valence-electron chi connectivity index (χ1n) is 13.0. The van der Waals surface area contributed by atoms with E-state index in [1.165, 1.54) is 7.11 Å². The Kier molecular flexibility index (Phi) is 8.26. The van der Waals surface area contributed by atoms with E-state index in [9.17, 15) is 9.59 Å². The highest BCUT2D eigenvalue weighted by atomic mass is 16.6. The fourth-order valence-electron chi connectivity index (χ4n) is 4.83. The number of hydrogen-bond acceptors (Lipinski definition) is 10. The number of aryl methyl sites for hydroxylation is 1. The minimum atomic E-state index is -0.409. The zero-order valence-corrected chi connectivity index (χ0v) is 22.1. The Hall–Kier alpha value is -4.12. The molecule has 0 bridgehead atoms. The number of aromatic nitrogens is 2. The second kappa shape index (κ2) is 12.2. The molecule has 1 aromatic carbocycles. The summed E-state index contributed by atoms with van der Waals surface area (Å²) >= 11 is 0. The molecule has 0 saturated carbocycles. The van der Waals surface area contributed by atoms with E-state index >= 15 is 0 Å². The summed E-state index contributed by atoms with van der Waals surface area (Å²) in [4.78, 5) is 37.3. The number of cyclic esters (lactones) is 1. The average Bonchev–Trinajstić information content (AvgIpc) is 3.34. The number of nitrogens with zero attached hydrogens (tertiary/aromatic N) is 4. The average molecular weight is 537 g/mol. The molecule has 1 amide bonds. The summed E-state index contributed by atoms with van der Waals surface area (Å²) in [5, 5.41) is 0. The molecule has 4 heterocycles. The van der Waals surface area contributed by atoms with Crippen molar-refractivity contribution in [1.82, 2.24) is 14.9 Å². The van der Waals surface area contributed by atoms with Crippen molar-refractivity contribution in [2.24, 2.45) is 0 Å². The normalized spacial score (nSPS) is 16.4. The molecule has 2 aliphatic heterocycles. The summed E-state index contributed by atoms with van der Waals surface area (Å²) in [6.07, 6.45) is 2.85. The van der Waals surface area contributed by atoms with Gasteiger partial charge < -0.3 is 23.7 Å². The second-order valence-electron chi connectivity index (χ2n) is 9.37. The highest BCUT2D eigenvalue weighted by Gasteiger charge is 2.34. The van der Waals surface area contributed by atoms with Crippen molar-refractivity contribution in [3.05, 3.63) is 48.2 Å². The summed E-state index contributed by atoms with van der Waals surface area (Å²) < 4.78 is 27.1. The molecule has 2 aliphatic rings. The van der Waals surface area contributed by atoms with Crippen molar-refractivity contribution in [1.29, 1.82) is 0 Å². The lowest BCUT2D eigenvalue weighted by molar-refractivity contribution is -0.141. The number of methoxy groups -OCH3 is 2. The van der Waals surface area contributed by atoms with E-state index < -0.39 is 6.09 Å². The number of anilines is 1. The Morgan fingerprint density at radius 3 is 2.77 bits per heavy atom. The highest BCUT2D eigenvalue weighted by Crippen LogP contribution is 2.35. The van der Waals surface area contributed by atoms with Crippen molar-refractivity contribution in [3.8, 4) is 17.4 Å². The van der Waals surface area contributed by atoms with Gasteiger partial charge >= 0.3 is 12.1 Å². The van der Waals surface area contributed by atoms with E-state index in [1.54, 1.807) is 36.4 Å². The zero-order chi connectivity index (χ0) is 27.2. The van der Waals surface area contributed by atoms with Crippen LogP contribution in [0, 0.1) is 0 Å². The fraction of sp³-hybridized carbons (Fsp3) is 0.429. The Morgan fingerprint density at radius 2 is 1.95 bits per heavy atom. The minimum Gasteiger partial charge on any atom is -0.486 e. The van der Waals surface area contributed by atoms with Gasteiger partial charge in [0, 0.05) is 31.4 Å². The van der Waals surface area contributed by atoms with Crippen LogP contribution in [0.2, 0.25) is 0 Å². The van der Waals surface area contributed by atoms with E-state index in [0.717, 1.165) is 29.4 Å². The van der Waals surface area contributed by atoms with Crippen LogP contribution in [-0.2, 0) is 20.7 Å². The predicted molar refractivity (Wildman–Crippen MR) is 143 cm³/mol. The number of ether oxygens (including phenoxy) is 5. The van der Waals surface area contributed by atoms with Crippen molar-refractivity contribution in [2.45, 2.75) is 25.4 Å². The summed E-state index contributed by atoms with van der Waals surface area (Å²) in [5.74, 6) is 1.55. The van der Waals surface area contributed by atoms with Gasteiger partial charge in [-0.2, -0.15) is 0 Å². The van der Waals surface area contributed by atoms with Gasteiger partial charge in [0.05, 0.1) is 43.9 Å². The van der Waals surface area contributed by atoms with E-state index in [2.05, 4.69) is 14.9 Å². The Labute approximate surface area is 226 Å². The van der Waals surface area contributed by atoms with Crippen molar-refractivity contribution < 1.29 is 33.3 Å². The molecule has 5 rings (SSSR count). The summed E-state index contributed by atoms with van der Waals surface area (Å²) in [5.41, 5.74) is 3.40. The van der Waals surface area contributed by atoms with Gasteiger partial charge in [-0.1, -0.05) is 0 Å². The van der Waals surface area contributed by atoms with Gasteiger partial charge in [-0.25, -0.2) is 9.78 Å². The number of carbonyl (C=O) groups excluding carboxylic acids is 2. The Morgan fingerprint density at radius 1 is 1.10 bits per heavy atom. The maximum absolute atomic E-state index is 12.7. The third kappa shape index (κ3) is 6.31. The summed E-state index contributed by atoms with van der Waals surface area (Å²) in [6, 6.07) is 11.1. The molecular weight excluding hydrogens is 504 g/mol. The molecule has 39 heavy (non-hydrogen) atoms. The van der Waals surface area contributed by atoms with Crippen LogP contribution in [0.15, 0.2) is 42.6 Å². The molecule has 11 heteroatoms. The van der Waals surface area contributed by atoms with Crippen LogP contribution in [0.5, 0.6) is 17.4 Å². The molecule has 0 radical (unpaired) electrons. The predicted octanol–water partition coefficient (Wildman–Crippen LogP) is 3.23. The topological polar surface area (TPSA) is 113 Å². The highest BCUT2D eigenvalue weighted by molar-refractivity contribution is 5.90. The third-order valence-corrected chi connectivity index (χ3v) is 6.80. The number of benzene rings is 1. The van der Waals surface area contributed by atoms with Crippen LogP contribution < -0.4 is 19.1 Å². The molecule has 206 valence electrons. The first kappa shape index (κ1) is 26.5. The Balaban J connectivity index is 1.23. The fourth-order valence-corrected chi connectivity index (χ4v) is 4.83. The smallest absolute Gasteiger partial charge is 0.414 e. The molecule has 1 unspecified atom stereocenters. The quantitative estimate of drug-likeness (QED) is 0.339. The van der Waals surface area contributed by atoms with E-state index in [0.29, 0.717) is 62.5 Å². The first-order valence-corrected chi connectivity index (χ1v) is 13.0. The summed E-state index contributed by atoms with van der Waals surface area (Å²) in [7, 11) is 2.97. The third-order valence-electron chi connectivity index (χ3n) is 6.80. The maximum atomic E-state index is 12.7. The minimum absolute atomic E-state index is 0.250. The largest absolute Gasteiger partial charge is 0.486 e. The van der Waals surface area contributed by atoms with E-state index in [4.69, 9.17) is 23.7 Å². The van der Waals surface area contributed by atoms with Crippen molar-refractivity contribution >= 4 is 28.8 Å². The Bertz CT molecular complexity index is 1330. The molecule has 0 spiro atoms. The number of amides is 1. The van der Waals surface area contributed by atoms with Crippen LogP contribution in [-0.4, -0.2) is 86.6 Å². The SMILES string of the molecule is COC(=O)CCN(CCCc1ccnc2ccc(OC)nc12)CC1CN(c2ccc3c(c2)OCCO3)C(=O)O1. The van der Waals surface area contributed by atoms with Gasteiger partial charge in [-0.3, -0.25) is 19.6 Å². The van der Waals surface area contributed by atoms with Crippen LogP contribution in [0.25, 0.3) is 11.0 Å². The van der Waals surface area contributed by atoms with Gasteiger partial charge in [0.25, 0.3) is 0 Å². The number of pyridine rings is 2. The number of fused-ring (bicyclic) bond motifs is 2. The molecule has 2 aromatic heterocycles. The van der Waals surface area contributed by atoms with Crippen LogP contribution in [0.1, 0.15) is 18.4 Å². The molecule has 1 atom stereocenters. The molecule has 1 saturated heterocycles. The molecule has 1 fully saturated rings. The molecule has 0 aliphatic carbocycles. The van der Waals surface area contributed by atoms with Crippen LogP contribution >= 0.6 is 0 Å². The molecule has 0 N–H and O–H groups in total. The zero-order valence-electron chi connectivity index (χ0n) is 22.1. The van der Waals surface area contributed by atoms with Gasteiger partial charge in [-0.05, 0) is 49.2 Å². The number of rotatable bonds is 11. The molecule has 11 nitrogen and oxygen atoms in total. The van der Waals surface area contributed by atoms with Gasteiger partial charge in [-0.15, -0.1) is 0 Å². The molecule has 3 aromatic rings. The van der Waals surface area contributed by atoms with Crippen molar-refractivity contribution in [2.75, 3.05) is 58.5 Å². The van der Waals surface area contributed by atoms with Crippen LogP contribution in [0.4, 0.5) is 10.5 Å². The maximum Gasteiger partial charge on any atom is 0.414 e. The van der Waals surface area contributed by atoms with Crippen LogP contribution in [0.3, 0.4) is 0 Å². The molecular formula is C28H32N4O7. The number of hydrogen-bond donors (Lipinski definition) is 0. The number of carbonyl (C=O) groups is 2. The number of esters is 1. The van der Waals surface area contributed by atoms with Crippen molar-refractivity contribution in [3.63, 3.8) is 0 Å². The van der Waals surface area contributed by atoms with Gasteiger partial charge in [0.15, 0.2) is 11.5 Å². The lowest BCUT2D eigenvalue weighted by Crippen LogP contribution is -2.37. The second-order valence-corrected chi connectivity index (χ2v) is 9.37.